The Labute approximate surface area is 132 Å². The van der Waals surface area contributed by atoms with Crippen molar-refractivity contribution in [3.8, 4) is 0 Å². The summed E-state index contributed by atoms with van der Waals surface area (Å²) in [7, 11) is 0. The molecule has 1 fully saturated rings. The molecule has 0 unspecified atom stereocenters. The molecule has 0 spiro atoms. The molecule has 0 amide bonds. The fourth-order valence-electron chi connectivity index (χ4n) is 2.74. The van der Waals surface area contributed by atoms with Gasteiger partial charge in [0.25, 0.3) is 0 Å². The largest absolute Gasteiger partial charge is 0.477 e. The Morgan fingerprint density at radius 2 is 2.13 bits per heavy atom. The van der Waals surface area contributed by atoms with Crippen molar-refractivity contribution in [1.82, 2.24) is 19.9 Å². The number of anilines is 1. The number of aromatic nitrogens is 3. The standard InChI is InChI=1S/C15H19N5O3/c1-2-5-20-9-11(14(22)23)12(21)10-8-17-15(18-13(10)20)19-6-3-16-4-7-19/h8-9,16H,2-7H2,1H3,(H,22,23). The van der Waals surface area contributed by atoms with E-state index < -0.39 is 11.4 Å². The van der Waals surface area contributed by atoms with Crippen LogP contribution in [0.5, 0.6) is 0 Å². The highest BCUT2D eigenvalue weighted by Crippen LogP contribution is 2.15. The zero-order valence-electron chi connectivity index (χ0n) is 12.9. The van der Waals surface area contributed by atoms with Crippen LogP contribution in [-0.4, -0.2) is 51.8 Å². The molecule has 1 aliphatic heterocycles. The molecule has 1 saturated heterocycles. The Morgan fingerprint density at radius 3 is 2.78 bits per heavy atom. The molecule has 1 aliphatic rings. The van der Waals surface area contributed by atoms with Crippen LogP contribution in [0, 0.1) is 0 Å². The molecule has 0 saturated carbocycles. The van der Waals surface area contributed by atoms with Crippen LogP contribution >= 0.6 is 0 Å². The smallest absolute Gasteiger partial charge is 0.341 e. The highest BCUT2D eigenvalue weighted by atomic mass is 16.4. The number of aromatic carboxylic acids is 1. The SMILES string of the molecule is CCCn1cc(C(=O)O)c(=O)c2cnc(N3CCNCC3)nc21. The predicted octanol–water partition coefficient (Wildman–Crippen LogP) is 0.309. The van der Waals surface area contributed by atoms with Crippen LogP contribution in [0.1, 0.15) is 23.7 Å². The van der Waals surface area contributed by atoms with Gasteiger partial charge in [0.15, 0.2) is 0 Å². The summed E-state index contributed by atoms with van der Waals surface area (Å²) >= 11 is 0. The van der Waals surface area contributed by atoms with Crippen molar-refractivity contribution in [1.29, 1.82) is 0 Å². The number of hydrogen-bond donors (Lipinski definition) is 2. The van der Waals surface area contributed by atoms with Gasteiger partial charge in [0.2, 0.25) is 11.4 Å². The number of hydrogen-bond acceptors (Lipinski definition) is 6. The van der Waals surface area contributed by atoms with Gasteiger partial charge in [-0.2, -0.15) is 4.98 Å². The fourth-order valence-corrected chi connectivity index (χ4v) is 2.74. The minimum Gasteiger partial charge on any atom is -0.477 e. The van der Waals surface area contributed by atoms with Gasteiger partial charge >= 0.3 is 5.97 Å². The Balaban J connectivity index is 2.16. The summed E-state index contributed by atoms with van der Waals surface area (Å²) in [4.78, 5) is 34.5. The lowest BCUT2D eigenvalue weighted by molar-refractivity contribution is 0.0695. The van der Waals surface area contributed by atoms with Crippen LogP contribution in [0.15, 0.2) is 17.2 Å². The topological polar surface area (TPSA) is 100 Å². The highest BCUT2D eigenvalue weighted by molar-refractivity contribution is 5.91. The van der Waals surface area contributed by atoms with Crippen LogP contribution < -0.4 is 15.6 Å². The molecule has 0 radical (unpaired) electrons. The summed E-state index contributed by atoms with van der Waals surface area (Å²) in [5.41, 5.74) is -0.290. The molecule has 2 aromatic heterocycles. The van der Waals surface area contributed by atoms with E-state index in [0.29, 0.717) is 18.1 Å². The van der Waals surface area contributed by atoms with Gasteiger partial charge in [-0.25, -0.2) is 9.78 Å². The number of fused-ring (bicyclic) bond motifs is 1. The van der Waals surface area contributed by atoms with Crippen molar-refractivity contribution in [3.05, 3.63) is 28.2 Å². The molecule has 2 N–H and O–H groups in total. The van der Waals surface area contributed by atoms with Crippen molar-refractivity contribution in [2.45, 2.75) is 19.9 Å². The first-order chi connectivity index (χ1) is 11.1. The lowest BCUT2D eigenvalue weighted by Gasteiger charge is -2.27. The quantitative estimate of drug-likeness (QED) is 0.837. The van der Waals surface area contributed by atoms with E-state index in [-0.39, 0.29) is 10.9 Å². The van der Waals surface area contributed by atoms with Gasteiger partial charge < -0.3 is 19.9 Å². The van der Waals surface area contributed by atoms with Crippen LogP contribution in [0.3, 0.4) is 0 Å². The van der Waals surface area contributed by atoms with Crippen LogP contribution in [0.4, 0.5) is 5.95 Å². The van der Waals surface area contributed by atoms with E-state index in [9.17, 15) is 14.7 Å². The molecule has 2 aromatic rings. The van der Waals surface area contributed by atoms with E-state index in [2.05, 4.69) is 20.2 Å². The van der Waals surface area contributed by atoms with Crippen LogP contribution in [-0.2, 0) is 6.54 Å². The summed E-state index contributed by atoms with van der Waals surface area (Å²) in [6.45, 7) is 5.91. The zero-order chi connectivity index (χ0) is 16.4. The third-order valence-electron chi connectivity index (χ3n) is 3.90. The molecule has 23 heavy (non-hydrogen) atoms. The van der Waals surface area contributed by atoms with Crippen LogP contribution in [0.2, 0.25) is 0 Å². The third-order valence-corrected chi connectivity index (χ3v) is 3.90. The predicted molar refractivity (Wildman–Crippen MR) is 86.1 cm³/mol. The van der Waals surface area contributed by atoms with E-state index in [1.807, 2.05) is 6.92 Å². The molecule has 8 nitrogen and oxygen atoms in total. The number of nitrogens with zero attached hydrogens (tertiary/aromatic N) is 4. The number of piperazine rings is 1. The Bertz CT molecular complexity index is 796. The lowest BCUT2D eigenvalue weighted by Crippen LogP contribution is -2.44. The highest BCUT2D eigenvalue weighted by Gasteiger charge is 2.18. The van der Waals surface area contributed by atoms with Gasteiger partial charge in [0, 0.05) is 45.1 Å². The maximum absolute atomic E-state index is 12.3. The number of rotatable bonds is 4. The number of aryl methyl sites for hydroxylation is 1. The first-order valence-electron chi connectivity index (χ1n) is 7.71. The second kappa shape index (κ2) is 6.33. The van der Waals surface area contributed by atoms with E-state index in [4.69, 9.17) is 0 Å². The van der Waals surface area contributed by atoms with Crippen molar-refractivity contribution in [2.75, 3.05) is 31.1 Å². The minimum absolute atomic E-state index is 0.246. The second-order valence-electron chi connectivity index (χ2n) is 5.51. The van der Waals surface area contributed by atoms with Crippen molar-refractivity contribution in [2.24, 2.45) is 0 Å². The Hall–Kier alpha value is -2.48. The van der Waals surface area contributed by atoms with Gasteiger partial charge in [-0.1, -0.05) is 6.92 Å². The van der Waals surface area contributed by atoms with E-state index >= 15 is 0 Å². The Kier molecular flexibility index (Phi) is 4.24. The van der Waals surface area contributed by atoms with Crippen molar-refractivity contribution in [3.63, 3.8) is 0 Å². The van der Waals surface area contributed by atoms with Gasteiger partial charge in [0.1, 0.15) is 11.2 Å². The Morgan fingerprint density at radius 1 is 1.39 bits per heavy atom. The first-order valence-corrected chi connectivity index (χ1v) is 7.71. The summed E-state index contributed by atoms with van der Waals surface area (Å²) in [5, 5.41) is 12.7. The molecule has 0 bridgehead atoms. The van der Waals surface area contributed by atoms with Gasteiger partial charge in [-0.3, -0.25) is 4.79 Å². The first kappa shape index (κ1) is 15.4. The summed E-state index contributed by atoms with van der Waals surface area (Å²) in [6, 6.07) is 0. The summed E-state index contributed by atoms with van der Waals surface area (Å²) in [5.74, 6) is -0.653. The zero-order valence-corrected chi connectivity index (χ0v) is 12.9. The second-order valence-corrected chi connectivity index (χ2v) is 5.51. The third kappa shape index (κ3) is 2.89. The van der Waals surface area contributed by atoms with Crippen molar-refractivity contribution >= 4 is 23.0 Å². The number of carbonyl (C=O) groups is 1. The summed E-state index contributed by atoms with van der Waals surface area (Å²) < 4.78 is 1.73. The van der Waals surface area contributed by atoms with Gasteiger partial charge in [-0.05, 0) is 6.42 Å². The molecule has 0 aromatic carbocycles. The normalized spacial score (nSPS) is 15.1. The maximum atomic E-state index is 12.3. The lowest BCUT2D eigenvalue weighted by atomic mass is 10.2. The monoisotopic (exact) mass is 317 g/mol. The number of carboxylic acids is 1. The average Bonchev–Trinajstić information content (AvgIpc) is 2.57. The number of pyridine rings is 1. The molecular formula is C15H19N5O3. The van der Waals surface area contributed by atoms with Gasteiger partial charge in [-0.15, -0.1) is 0 Å². The van der Waals surface area contributed by atoms with E-state index in [1.54, 1.807) is 4.57 Å². The van der Waals surface area contributed by atoms with Crippen molar-refractivity contribution < 1.29 is 9.90 Å². The van der Waals surface area contributed by atoms with Gasteiger partial charge in [0.05, 0.1) is 5.39 Å². The number of nitrogens with one attached hydrogen (secondary N) is 1. The van der Waals surface area contributed by atoms with Crippen LogP contribution in [0.25, 0.3) is 11.0 Å². The molecular weight excluding hydrogens is 298 g/mol. The molecule has 0 atom stereocenters. The maximum Gasteiger partial charge on any atom is 0.341 e. The molecule has 3 rings (SSSR count). The molecule has 0 aliphatic carbocycles. The van der Waals surface area contributed by atoms with E-state index in [0.717, 1.165) is 32.6 Å². The number of carboxylic acid groups (broad SMARTS) is 1. The fraction of sp³-hybridized carbons (Fsp3) is 0.467. The molecule has 8 heteroatoms. The molecule has 3 heterocycles. The molecule has 122 valence electrons. The average molecular weight is 317 g/mol. The minimum atomic E-state index is -1.23. The summed E-state index contributed by atoms with van der Waals surface area (Å²) in [6.07, 6.45) is 3.63. The van der Waals surface area contributed by atoms with E-state index in [1.165, 1.54) is 12.4 Å².